The summed E-state index contributed by atoms with van der Waals surface area (Å²) in [5, 5.41) is 2.98. The summed E-state index contributed by atoms with van der Waals surface area (Å²) in [4.78, 5) is 7.76. The van der Waals surface area contributed by atoms with Crippen LogP contribution < -0.4 is 36.6 Å². The van der Waals surface area contributed by atoms with Gasteiger partial charge in [0.05, 0.1) is 5.69 Å². The summed E-state index contributed by atoms with van der Waals surface area (Å²) in [6.07, 6.45) is 0. The van der Waals surface area contributed by atoms with Crippen LogP contribution in [0.1, 0.15) is 31.9 Å². The summed E-state index contributed by atoms with van der Waals surface area (Å²) in [7, 11) is -2.03. The number of para-hydroxylation sites is 2. The van der Waals surface area contributed by atoms with Gasteiger partial charge in [-0.25, -0.2) is 0 Å². The number of benzene rings is 6. The molecule has 0 aromatic heterocycles. The fourth-order valence-corrected chi connectivity index (χ4v) is 12.6. The molecule has 0 saturated heterocycles. The average Bonchev–Trinajstić information content (AvgIpc) is 3.08. The molecule has 3 aliphatic heterocycles. The van der Waals surface area contributed by atoms with Crippen LogP contribution in [-0.4, -0.2) is 14.8 Å². The molecular formula is C43H39BN2SSi. The second kappa shape index (κ2) is 10.5. The van der Waals surface area contributed by atoms with Crippen molar-refractivity contribution in [3.63, 3.8) is 0 Å². The minimum absolute atomic E-state index is 0.0981. The smallest absolute Gasteiger partial charge is 0.252 e. The second-order valence-corrected chi connectivity index (χ2v) is 20.6. The molecule has 0 saturated carbocycles. The summed E-state index contributed by atoms with van der Waals surface area (Å²) >= 11 is 1.93. The van der Waals surface area contributed by atoms with Gasteiger partial charge in [-0.05, 0) is 99.6 Å². The van der Waals surface area contributed by atoms with E-state index in [0.29, 0.717) is 0 Å². The molecule has 6 aromatic carbocycles. The Hall–Kier alpha value is -4.45. The molecule has 0 unspecified atom stereocenters. The van der Waals surface area contributed by atoms with E-state index in [1.165, 1.54) is 81.8 Å². The van der Waals surface area contributed by atoms with Crippen LogP contribution in [0, 0.1) is 6.92 Å². The van der Waals surface area contributed by atoms with Gasteiger partial charge >= 0.3 is 0 Å². The van der Waals surface area contributed by atoms with Crippen LogP contribution in [0.15, 0.2) is 137 Å². The Labute approximate surface area is 290 Å². The molecule has 3 aliphatic rings. The number of anilines is 6. The fourth-order valence-electron chi connectivity index (χ4n) is 8.19. The van der Waals surface area contributed by atoms with E-state index in [1.807, 2.05) is 11.8 Å². The lowest BCUT2D eigenvalue weighted by Crippen LogP contribution is -2.62. The SMILES string of the molecule is Cc1cc2c3c(c1)N1c4ccccc4Sc4ccccc4[Si](C)(C)c4ccc(c1c4)B3c1ccccc1N2c1ccc(C(C)(C)C)cc1. The molecule has 48 heavy (non-hydrogen) atoms. The van der Waals surface area contributed by atoms with Crippen molar-refractivity contribution in [1.29, 1.82) is 0 Å². The molecule has 0 aliphatic carbocycles. The Morgan fingerprint density at radius 2 is 1.21 bits per heavy atom. The second-order valence-electron chi connectivity index (χ2n) is 15.1. The highest BCUT2D eigenvalue weighted by Crippen LogP contribution is 2.47. The van der Waals surface area contributed by atoms with Gasteiger partial charge in [-0.2, -0.15) is 0 Å². The predicted molar refractivity (Wildman–Crippen MR) is 211 cm³/mol. The summed E-state index contributed by atoms with van der Waals surface area (Å²) in [5.74, 6) is 0. The third-order valence-corrected chi connectivity index (χ3v) is 15.6. The first-order valence-corrected chi connectivity index (χ1v) is 20.9. The summed E-state index contributed by atoms with van der Waals surface area (Å²) < 4.78 is 0. The van der Waals surface area contributed by atoms with Gasteiger partial charge in [0.1, 0.15) is 8.07 Å². The topological polar surface area (TPSA) is 6.48 Å². The van der Waals surface area contributed by atoms with Crippen molar-refractivity contribution in [2.45, 2.75) is 56.0 Å². The maximum atomic E-state index is 2.59. The quantitative estimate of drug-likeness (QED) is 0.164. The van der Waals surface area contributed by atoms with E-state index in [1.54, 1.807) is 0 Å². The zero-order valence-electron chi connectivity index (χ0n) is 28.5. The molecule has 2 nitrogen and oxygen atoms in total. The van der Waals surface area contributed by atoms with Crippen molar-refractivity contribution >= 4 is 87.4 Å². The molecule has 234 valence electrons. The highest BCUT2D eigenvalue weighted by atomic mass is 32.2. The molecule has 0 amide bonds. The molecule has 0 radical (unpaired) electrons. The zero-order chi connectivity index (χ0) is 32.9. The number of aryl methyl sites for hydroxylation is 1. The number of nitrogens with zero attached hydrogens (tertiary/aromatic N) is 2. The largest absolute Gasteiger partial charge is 0.311 e. The third-order valence-electron chi connectivity index (χ3n) is 10.7. The molecule has 0 spiro atoms. The first kappa shape index (κ1) is 29.7. The summed E-state index contributed by atoms with van der Waals surface area (Å²) in [6, 6.07) is 48.8. The van der Waals surface area contributed by atoms with Crippen molar-refractivity contribution in [1.82, 2.24) is 0 Å². The molecule has 3 heterocycles. The Morgan fingerprint density at radius 3 is 1.96 bits per heavy atom. The van der Waals surface area contributed by atoms with E-state index in [4.69, 9.17) is 0 Å². The van der Waals surface area contributed by atoms with E-state index in [0.717, 1.165) is 0 Å². The van der Waals surface area contributed by atoms with Gasteiger partial charge in [0.2, 0.25) is 0 Å². The lowest BCUT2D eigenvalue weighted by Gasteiger charge is -2.45. The van der Waals surface area contributed by atoms with Gasteiger partial charge in [-0.15, -0.1) is 0 Å². The van der Waals surface area contributed by atoms with Crippen LogP contribution in [0.2, 0.25) is 13.1 Å². The van der Waals surface area contributed by atoms with Gasteiger partial charge < -0.3 is 9.80 Å². The Kier molecular flexibility index (Phi) is 6.51. The first-order valence-electron chi connectivity index (χ1n) is 17.1. The molecule has 0 atom stereocenters. The number of rotatable bonds is 1. The molecule has 5 heteroatoms. The molecular weight excluding hydrogens is 615 g/mol. The van der Waals surface area contributed by atoms with Crippen LogP contribution in [0.25, 0.3) is 0 Å². The van der Waals surface area contributed by atoms with Crippen LogP contribution in [-0.2, 0) is 5.41 Å². The van der Waals surface area contributed by atoms with Crippen LogP contribution in [0.4, 0.5) is 34.1 Å². The molecule has 0 fully saturated rings. The van der Waals surface area contributed by atoms with Crippen molar-refractivity contribution in [3.8, 4) is 0 Å². The lowest BCUT2D eigenvalue weighted by atomic mass is 9.33. The highest BCUT2D eigenvalue weighted by Gasteiger charge is 2.44. The minimum Gasteiger partial charge on any atom is -0.311 e. The molecule has 2 bridgehead atoms. The third kappa shape index (κ3) is 4.33. The first-order chi connectivity index (χ1) is 23.1. The average molecular weight is 655 g/mol. The normalized spacial score (nSPS) is 15.2. The van der Waals surface area contributed by atoms with Crippen LogP contribution >= 0.6 is 11.8 Å². The van der Waals surface area contributed by atoms with Gasteiger partial charge in [0, 0.05) is 38.2 Å². The summed E-state index contributed by atoms with van der Waals surface area (Å²) in [5.41, 5.74) is 14.4. The fraction of sp³-hybridized carbons (Fsp3) is 0.163. The van der Waals surface area contributed by atoms with E-state index in [2.05, 4.69) is 178 Å². The Bertz CT molecular complexity index is 2270. The highest BCUT2D eigenvalue weighted by molar-refractivity contribution is 7.99. The van der Waals surface area contributed by atoms with Crippen LogP contribution in [0.5, 0.6) is 0 Å². The monoisotopic (exact) mass is 654 g/mol. The van der Waals surface area contributed by atoms with Gasteiger partial charge in [0.25, 0.3) is 6.71 Å². The van der Waals surface area contributed by atoms with E-state index in [9.17, 15) is 0 Å². The Morgan fingerprint density at radius 1 is 0.583 bits per heavy atom. The van der Waals surface area contributed by atoms with Crippen molar-refractivity contribution in [2.24, 2.45) is 0 Å². The molecule has 0 N–H and O–H groups in total. The van der Waals surface area contributed by atoms with E-state index >= 15 is 0 Å². The maximum absolute atomic E-state index is 2.59. The zero-order valence-corrected chi connectivity index (χ0v) is 30.3. The van der Waals surface area contributed by atoms with Crippen molar-refractivity contribution < 1.29 is 0 Å². The number of hydrogen-bond acceptors (Lipinski definition) is 3. The molecule has 6 aromatic rings. The maximum Gasteiger partial charge on any atom is 0.252 e. The van der Waals surface area contributed by atoms with Crippen LogP contribution in [0.3, 0.4) is 0 Å². The predicted octanol–water partition coefficient (Wildman–Crippen LogP) is 8.66. The number of hydrogen-bond donors (Lipinski definition) is 0. The van der Waals surface area contributed by atoms with Crippen molar-refractivity contribution in [2.75, 3.05) is 9.80 Å². The number of fused-ring (bicyclic) bond motifs is 8. The standard InChI is InChI=1S/C43H39BN2SSi/c1-28-25-37-42-38(26-28)46-35-15-9-10-16-39(35)47-40-17-11-12-18-41(40)48(5,6)31-23-24-33(36(46)27-31)44(42)32-13-7-8-14-34(32)45(37)30-21-19-29(20-22-30)43(2,3)4/h7-27H,1-6H3. The minimum atomic E-state index is -2.03. The molecule has 9 rings (SSSR count). The van der Waals surface area contributed by atoms with Gasteiger partial charge in [-0.3, -0.25) is 0 Å². The van der Waals surface area contributed by atoms with Gasteiger partial charge in [-0.1, -0.05) is 124 Å². The Balaban J connectivity index is 1.36. The lowest BCUT2D eigenvalue weighted by molar-refractivity contribution is 0.590. The van der Waals surface area contributed by atoms with E-state index < -0.39 is 8.07 Å². The van der Waals surface area contributed by atoms with E-state index in [-0.39, 0.29) is 12.1 Å². The summed E-state index contributed by atoms with van der Waals surface area (Å²) in [6.45, 7) is 14.3. The van der Waals surface area contributed by atoms with Gasteiger partial charge in [0.15, 0.2) is 0 Å². The van der Waals surface area contributed by atoms with Crippen molar-refractivity contribution in [3.05, 3.63) is 139 Å².